The minimum Gasteiger partial charge on any atom is -0.340 e. The van der Waals surface area contributed by atoms with Gasteiger partial charge in [0, 0.05) is 18.1 Å². The van der Waals surface area contributed by atoms with Gasteiger partial charge in [-0.25, -0.2) is 8.42 Å². The van der Waals surface area contributed by atoms with Crippen molar-refractivity contribution in [3.05, 3.63) is 39.8 Å². The van der Waals surface area contributed by atoms with Crippen LogP contribution < -0.4 is 0 Å². The van der Waals surface area contributed by atoms with Gasteiger partial charge in [0.05, 0.1) is 16.4 Å². The molecular weight excluding hydrogens is 428 g/mol. The second-order valence-electron chi connectivity index (χ2n) is 6.38. The fourth-order valence-corrected chi connectivity index (χ4v) is 6.03. The van der Waals surface area contributed by atoms with Crippen LogP contribution in [0.1, 0.15) is 12.0 Å². The molecule has 0 radical (unpaired) electrons. The van der Waals surface area contributed by atoms with E-state index in [9.17, 15) is 18.0 Å². The Morgan fingerprint density at radius 2 is 2.07 bits per heavy atom. The number of carbonyl (C=O) groups is 2. The summed E-state index contributed by atoms with van der Waals surface area (Å²) in [4.78, 5) is 28.2. The lowest BCUT2D eigenvalue weighted by Crippen LogP contribution is -2.45. The fourth-order valence-electron chi connectivity index (χ4n) is 2.88. The van der Waals surface area contributed by atoms with Gasteiger partial charge in [-0.2, -0.15) is 0 Å². The maximum Gasteiger partial charge on any atom is 0.266 e. The van der Waals surface area contributed by atoms with Crippen molar-refractivity contribution in [3.8, 4) is 0 Å². The van der Waals surface area contributed by atoms with Crippen LogP contribution in [0, 0.1) is 0 Å². The number of carbonyl (C=O) groups excluding carboxylic acids is 2. The Labute approximate surface area is 172 Å². The number of amides is 2. The van der Waals surface area contributed by atoms with E-state index < -0.39 is 9.84 Å². The smallest absolute Gasteiger partial charge is 0.266 e. The molecule has 0 spiro atoms. The van der Waals surface area contributed by atoms with Gasteiger partial charge in [0.25, 0.3) is 5.91 Å². The second-order valence-corrected chi connectivity index (χ2v) is 10.7. The Balaban J connectivity index is 1.68. The zero-order valence-electron chi connectivity index (χ0n) is 14.4. The Hall–Kier alpha value is -1.42. The molecule has 144 valence electrons. The van der Waals surface area contributed by atoms with Crippen molar-refractivity contribution in [2.24, 2.45) is 0 Å². The number of nitrogens with zero attached hydrogens (tertiary/aromatic N) is 2. The molecule has 0 unspecified atom stereocenters. The van der Waals surface area contributed by atoms with Gasteiger partial charge in [0.2, 0.25) is 5.91 Å². The van der Waals surface area contributed by atoms with E-state index in [1.807, 2.05) is 0 Å². The first-order valence-corrected chi connectivity index (χ1v) is 11.6. The number of hydrogen-bond donors (Lipinski definition) is 0. The standard InChI is InChI=1S/C17H17ClN2O4S3/c1-19(13-6-7-27(23,24)10-13)15(21)9-20-16(22)14(26-17(20)25)8-11-2-4-12(18)5-3-11/h2-5,8,13H,6-7,9-10H2,1H3/b14-8-/t13-/m0/s1. The molecule has 2 heterocycles. The molecule has 2 amide bonds. The minimum atomic E-state index is -3.09. The average molecular weight is 445 g/mol. The molecule has 6 nitrogen and oxygen atoms in total. The third-order valence-electron chi connectivity index (χ3n) is 4.48. The number of benzene rings is 1. The molecule has 0 bridgehead atoms. The molecule has 3 rings (SSSR count). The zero-order valence-corrected chi connectivity index (χ0v) is 17.6. The summed E-state index contributed by atoms with van der Waals surface area (Å²) in [6.07, 6.45) is 2.12. The SMILES string of the molecule is CN(C(=O)CN1C(=O)/C(=C/c2ccc(Cl)cc2)SC1=S)[C@H]1CCS(=O)(=O)C1. The van der Waals surface area contributed by atoms with E-state index in [2.05, 4.69) is 0 Å². The van der Waals surface area contributed by atoms with Gasteiger partial charge in [0.1, 0.15) is 10.9 Å². The van der Waals surface area contributed by atoms with E-state index in [1.54, 1.807) is 37.4 Å². The van der Waals surface area contributed by atoms with Crippen LogP contribution in [-0.2, 0) is 19.4 Å². The lowest BCUT2D eigenvalue weighted by molar-refractivity contribution is -0.135. The van der Waals surface area contributed by atoms with Crippen LogP contribution in [0.25, 0.3) is 6.08 Å². The van der Waals surface area contributed by atoms with E-state index in [0.717, 1.165) is 17.3 Å². The summed E-state index contributed by atoms with van der Waals surface area (Å²) in [5.41, 5.74) is 0.805. The van der Waals surface area contributed by atoms with Crippen molar-refractivity contribution in [1.82, 2.24) is 9.80 Å². The van der Waals surface area contributed by atoms with Gasteiger partial charge in [-0.3, -0.25) is 14.5 Å². The van der Waals surface area contributed by atoms with Gasteiger partial charge in [-0.15, -0.1) is 0 Å². The van der Waals surface area contributed by atoms with Crippen molar-refractivity contribution in [2.75, 3.05) is 25.1 Å². The highest BCUT2D eigenvalue weighted by atomic mass is 35.5. The molecule has 2 aliphatic rings. The predicted octanol–water partition coefficient (Wildman–Crippen LogP) is 2.19. The van der Waals surface area contributed by atoms with E-state index in [4.69, 9.17) is 23.8 Å². The van der Waals surface area contributed by atoms with Crippen molar-refractivity contribution >= 4 is 67.6 Å². The molecule has 2 fully saturated rings. The largest absolute Gasteiger partial charge is 0.340 e. The van der Waals surface area contributed by atoms with Crippen molar-refractivity contribution in [3.63, 3.8) is 0 Å². The maximum absolute atomic E-state index is 12.6. The van der Waals surface area contributed by atoms with Gasteiger partial charge in [0.15, 0.2) is 9.84 Å². The normalized spacial score (nSPS) is 23.3. The minimum absolute atomic E-state index is 0.0376. The zero-order chi connectivity index (χ0) is 19.8. The average Bonchev–Trinajstić information content (AvgIpc) is 3.10. The van der Waals surface area contributed by atoms with Crippen molar-refractivity contribution < 1.29 is 18.0 Å². The molecule has 0 saturated carbocycles. The fraction of sp³-hybridized carbons (Fsp3) is 0.353. The molecule has 10 heteroatoms. The molecule has 27 heavy (non-hydrogen) atoms. The number of rotatable bonds is 4. The quantitative estimate of drug-likeness (QED) is 0.523. The Kier molecular flexibility index (Phi) is 5.95. The highest BCUT2D eigenvalue weighted by Crippen LogP contribution is 2.32. The number of thioether (sulfide) groups is 1. The molecule has 1 atom stereocenters. The molecule has 0 N–H and O–H groups in total. The number of halogens is 1. The molecule has 2 saturated heterocycles. The van der Waals surface area contributed by atoms with Crippen LogP contribution in [0.5, 0.6) is 0 Å². The van der Waals surface area contributed by atoms with Crippen LogP contribution in [0.4, 0.5) is 0 Å². The molecule has 0 aromatic heterocycles. The summed E-state index contributed by atoms with van der Waals surface area (Å²) in [7, 11) is -1.53. The Morgan fingerprint density at radius 1 is 1.41 bits per heavy atom. The first kappa shape index (κ1) is 20.3. The monoisotopic (exact) mass is 444 g/mol. The molecule has 1 aromatic carbocycles. The summed E-state index contributed by atoms with van der Waals surface area (Å²) >= 11 is 12.2. The van der Waals surface area contributed by atoms with Crippen LogP contribution >= 0.6 is 35.6 Å². The van der Waals surface area contributed by atoms with E-state index in [-0.39, 0.29) is 35.9 Å². The highest BCUT2D eigenvalue weighted by Gasteiger charge is 2.37. The topological polar surface area (TPSA) is 74.8 Å². The third-order valence-corrected chi connectivity index (χ3v) is 7.86. The third kappa shape index (κ3) is 4.71. The van der Waals surface area contributed by atoms with E-state index >= 15 is 0 Å². The first-order valence-electron chi connectivity index (χ1n) is 8.13. The second kappa shape index (κ2) is 7.90. The number of sulfone groups is 1. The lowest BCUT2D eigenvalue weighted by atomic mass is 10.2. The Bertz CT molecular complexity index is 928. The highest BCUT2D eigenvalue weighted by molar-refractivity contribution is 8.26. The summed E-state index contributed by atoms with van der Waals surface area (Å²) in [6.45, 7) is -0.199. The number of hydrogen-bond acceptors (Lipinski definition) is 6. The van der Waals surface area contributed by atoms with Gasteiger partial charge in [-0.1, -0.05) is 47.7 Å². The van der Waals surface area contributed by atoms with Crippen LogP contribution in [0.15, 0.2) is 29.2 Å². The molecule has 2 aliphatic heterocycles. The van der Waals surface area contributed by atoms with Gasteiger partial charge >= 0.3 is 0 Å². The summed E-state index contributed by atoms with van der Waals surface area (Å²) in [5, 5.41) is 0.599. The van der Waals surface area contributed by atoms with Crippen molar-refractivity contribution in [1.29, 1.82) is 0 Å². The van der Waals surface area contributed by atoms with Crippen molar-refractivity contribution in [2.45, 2.75) is 12.5 Å². The molecular formula is C17H17ClN2O4S3. The van der Waals surface area contributed by atoms with Crippen LogP contribution in [-0.4, -0.2) is 65.5 Å². The van der Waals surface area contributed by atoms with E-state index in [1.165, 1.54) is 9.80 Å². The first-order chi connectivity index (χ1) is 12.7. The number of likely N-dealkylation sites (N-methyl/N-ethyl adjacent to an activating group) is 1. The molecule has 0 aliphatic carbocycles. The Morgan fingerprint density at radius 3 is 2.67 bits per heavy atom. The summed E-state index contributed by atoms with van der Waals surface area (Å²) in [6, 6.07) is 6.67. The van der Waals surface area contributed by atoms with Gasteiger partial charge in [-0.05, 0) is 30.2 Å². The van der Waals surface area contributed by atoms with Gasteiger partial charge < -0.3 is 4.90 Å². The maximum atomic E-state index is 12.6. The molecule has 1 aromatic rings. The van der Waals surface area contributed by atoms with E-state index in [0.29, 0.717) is 20.7 Å². The predicted molar refractivity (Wildman–Crippen MR) is 111 cm³/mol. The summed E-state index contributed by atoms with van der Waals surface area (Å²) in [5.74, 6) is -0.619. The summed E-state index contributed by atoms with van der Waals surface area (Å²) < 4.78 is 23.5. The lowest BCUT2D eigenvalue weighted by Gasteiger charge is -2.25. The number of thiocarbonyl (C=S) groups is 1. The van der Waals surface area contributed by atoms with Crippen LogP contribution in [0.3, 0.4) is 0 Å². The van der Waals surface area contributed by atoms with Crippen LogP contribution in [0.2, 0.25) is 5.02 Å².